The summed E-state index contributed by atoms with van der Waals surface area (Å²) < 4.78 is 10.3. The smallest absolute Gasteiger partial charge is 0.307 e. The second-order valence-electron chi connectivity index (χ2n) is 5.54. The molecule has 0 saturated carbocycles. The Morgan fingerprint density at radius 1 is 1.00 bits per heavy atom. The van der Waals surface area contributed by atoms with Crippen LogP contribution in [0.25, 0.3) is 0 Å². The van der Waals surface area contributed by atoms with Crippen LogP contribution in [-0.4, -0.2) is 43.1 Å². The fraction of sp³-hybridized carbons (Fsp3) is 0.579. The summed E-state index contributed by atoms with van der Waals surface area (Å²) in [5, 5.41) is 0. The van der Waals surface area contributed by atoms with Crippen molar-refractivity contribution in [2.75, 3.05) is 26.3 Å². The van der Waals surface area contributed by atoms with E-state index in [0.717, 1.165) is 24.2 Å². The van der Waals surface area contributed by atoms with Crippen LogP contribution in [0.4, 0.5) is 0 Å². The van der Waals surface area contributed by atoms with E-state index in [1.807, 2.05) is 31.2 Å². The number of ether oxygens (including phenoxy) is 2. The summed E-state index contributed by atoms with van der Waals surface area (Å²) >= 11 is 0. The van der Waals surface area contributed by atoms with E-state index < -0.39 is 0 Å². The summed E-state index contributed by atoms with van der Waals surface area (Å²) in [7, 11) is 0. The topological polar surface area (TPSA) is 55.8 Å². The second kappa shape index (κ2) is 11.5. The van der Waals surface area contributed by atoms with Gasteiger partial charge in [-0.15, -0.1) is 0 Å². The van der Waals surface area contributed by atoms with Gasteiger partial charge in [-0.25, -0.2) is 0 Å². The van der Waals surface area contributed by atoms with Gasteiger partial charge in [-0.2, -0.15) is 0 Å². The number of amides is 1. The van der Waals surface area contributed by atoms with Crippen molar-refractivity contribution in [1.29, 1.82) is 0 Å². The van der Waals surface area contributed by atoms with Crippen molar-refractivity contribution in [3.8, 4) is 5.75 Å². The number of esters is 1. The Balaban J connectivity index is 2.60. The van der Waals surface area contributed by atoms with E-state index in [4.69, 9.17) is 9.47 Å². The molecule has 0 saturated heterocycles. The molecule has 0 bridgehead atoms. The number of hydrogen-bond donors (Lipinski definition) is 0. The third kappa shape index (κ3) is 7.49. The lowest BCUT2D eigenvalue weighted by atomic mass is 10.1. The first-order valence-electron chi connectivity index (χ1n) is 8.75. The minimum Gasteiger partial charge on any atom is -0.494 e. The Bertz CT molecular complexity index is 499. The highest BCUT2D eigenvalue weighted by Crippen LogP contribution is 2.13. The average molecular weight is 335 g/mol. The van der Waals surface area contributed by atoms with E-state index >= 15 is 0 Å². The standard InChI is InChI=1S/C19H29NO4/c1-4-7-13-20(14-12-19(22)24-6-3)18(21)15-16-8-10-17(11-9-16)23-5-2/h8-11H,4-7,12-15H2,1-3H3. The van der Waals surface area contributed by atoms with Gasteiger partial charge < -0.3 is 14.4 Å². The van der Waals surface area contributed by atoms with Crippen LogP contribution < -0.4 is 4.74 Å². The Kier molecular flexibility index (Phi) is 9.58. The molecular weight excluding hydrogens is 306 g/mol. The molecule has 0 atom stereocenters. The van der Waals surface area contributed by atoms with Gasteiger partial charge in [0.15, 0.2) is 0 Å². The normalized spacial score (nSPS) is 10.3. The molecule has 1 aromatic rings. The summed E-state index contributed by atoms with van der Waals surface area (Å²) in [5.74, 6) is 0.587. The van der Waals surface area contributed by atoms with E-state index in [9.17, 15) is 9.59 Å². The number of benzene rings is 1. The van der Waals surface area contributed by atoms with Gasteiger partial charge in [0.2, 0.25) is 5.91 Å². The molecule has 0 aliphatic carbocycles. The van der Waals surface area contributed by atoms with E-state index in [2.05, 4.69) is 6.92 Å². The zero-order valence-electron chi connectivity index (χ0n) is 15.0. The van der Waals surface area contributed by atoms with Crippen LogP contribution in [-0.2, 0) is 20.7 Å². The summed E-state index contributed by atoms with van der Waals surface area (Å²) in [6.45, 7) is 7.88. The molecule has 1 rings (SSSR count). The summed E-state index contributed by atoms with van der Waals surface area (Å²) in [6, 6.07) is 7.57. The molecule has 5 nitrogen and oxygen atoms in total. The number of nitrogens with zero attached hydrogens (tertiary/aromatic N) is 1. The van der Waals surface area contributed by atoms with Gasteiger partial charge in [-0.05, 0) is 38.0 Å². The molecule has 0 heterocycles. The number of carbonyl (C=O) groups is 2. The monoisotopic (exact) mass is 335 g/mol. The van der Waals surface area contributed by atoms with Gasteiger partial charge in [-0.1, -0.05) is 25.5 Å². The molecule has 1 amide bonds. The lowest BCUT2D eigenvalue weighted by Crippen LogP contribution is -2.35. The van der Waals surface area contributed by atoms with E-state index in [1.165, 1.54) is 0 Å². The fourth-order valence-electron chi connectivity index (χ4n) is 2.33. The van der Waals surface area contributed by atoms with Crippen LogP contribution in [0.1, 0.15) is 45.6 Å². The van der Waals surface area contributed by atoms with Gasteiger partial charge >= 0.3 is 5.97 Å². The molecule has 1 aromatic carbocycles. The lowest BCUT2D eigenvalue weighted by Gasteiger charge is -2.22. The van der Waals surface area contributed by atoms with Crippen molar-refractivity contribution >= 4 is 11.9 Å². The maximum absolute atomic E-state index is 12.5. The number of carbonyl (C=O) groups excluding carboxylic acids is 2. The van der Waals surface area contributed by atoms with Gasteiger partial charge in [0.25, 0.3) is 0 Å². The zero-order valence-corrected chi connectivity index (χ0v) is 15.0. The van der Waals surface area contributed by atoms with Gasteiger partial charge in [0.1, 0.15) is 5.75 Å². The van der Waals surface area contributed by atoms with Crippen molar-refractivity contribution < 1.29 is 19.1 Å². The minimum absolute atomic E-state index is 0.0388. The van der Waals surface area contributed by atoms with E-state index in [-0.39, 0.29) is 18.3 Å². The Labute approximate surface area is 144 Å². The molecule has 5 heteroatoms. The highest BCUT2D eigenvalue weighted by atomic mass is 16.5. The lowest BCUT2D eigenvalue weighted by molar-refractivity contribution is -0.144. The third-order valence-corrected chi connectivity index (χ3v) is 3.62. The molecule has 0 unspecified atom stereocenters. The van der Waals surface area contributed by atoms with Crippen molar-refractivity contribution in [1.82, 2.24) is 4.90 Å². The first-order valence-corrected chi connectivity index (χ1v) is 8.75. The maximum atomic E-state index is 12.5. The predicted molar refractivity (Wildman–Crippen MR) is 94.1 cm³/mol. The molecule has 0 N–H and O–H groups in total. The SMILES string of the molecule is CCCCN(CCC(=O)OCC)C(=O)Cc1ccc(OCC)cc1. The number of hydrogen-bond acceptors (Lipinski definition) is 4. The van der Waals surface area contributed by atoms with Crippen molar-refractivity contribution in [2.45, 2.75) is 46.5 Å². The average Bonchev–Trinajstić information content (AvgIpc) is 2.57. The quantitative estimate of drug-likeness (QED) is 0.583. The summed E-state index contributed by atoms with van der Waals surface area (Å²) in [6.07, 6.45) is 2.51. The van der Waals surface area contributed by atoms with Crippen LogP contribution in [0, 0.1) is 0 Å². The largest absolute Gasteiger partial charge is 0.494 e. The number of unbranched alkanes of at least 4 members (excludes halogenated alkanes) is 1. The van der Waals surface area contributed by atoms with Gasteiger partial charge in [-0.3, -0.25) is 9.59 Å². The van der Waals surface area contributed by atoms with Crippen LogP contribution in [0.3, 0.4) is 0 Å². The Hall–Kier alpha value is -2.04. The highest BCUT2D eigenvalue weighted by molar-refractivity contribution is 5.79. The van der Waals surface area contributed by atoms with Crippen molar-refractivity contribution in [2.24, 2.45) is 0 Å². The third-order valence-electron chi connectivity index (χ3n) is 3.62. The maximum Gasteiger partial charge on any atom is 0.307 e. The molecule has 134 valence electrons. The molecule has 0 aliphatic rings. The summed E-state index contributed by atoms with van der Waals surface area (Å²) in [4.78, 5) is 25.8. The molecule has 0 aliphatic heterocycles. The van der Waals surface area contributed by atoms with Crippen molar-refractivity contribution in [3.63, 3.8) is 0 Å². The van der Waals surface area contributed by atoms with E-state index in [0.29, 0.717) is 32.7 Å². The Morgan fingerprint density at radius 3 is 2.29 bits per heavy atom. The van der Waals surface area contributed by atoms with Crippen LogP contribution in [0.2, 0.25) is 0 Å². The first-order chi connectivity index (χ1) is 11.6. The van der Waals surface area contributed by atoms with E-state index in [1.54, 1.807) is 11.8 Å². The fourth-order valence-corrected chi connectivity index (χ4v) is 2.33. The second-order valence-corrected chi connectivity index (χ2v) is 5.54. The number of rotatable bonds is 11. The van der Waals surface area contributed by atoms with Crippen molar-refractivity contribution in [3.05, 3.63) is 29.8 Å². The molecule has 0 fully saturated rings. The molecule has 0 aromatic heterocycles. The van der Waals surface area contributed by atoms with Gasteiger partial charge in [0.05, 0.1) is 26.1 Å². The van der Waals surface area contributed by atoms with Crippen LogP contribution >= 0.6 is 0 Å². The van der Waals surface area contributed by atoms with Gasteiger partial charge in [0, 0.05) is 13.1 Å². The minimum atomic E-state index is -0.257. The predicted octanol–water partition coefficient (Wildman–Crippen LogP) is 3.21. The highest BCUT2D eigenvalue weighted by Gasteiger charge is 2.15. The first kappa shape index (κ1) is 20.0. The molecule has 24 heavy (non-hydrogen) atoms. The molecule has 0 spiro atoms. The molecule has 0 radical (unpaired) electrons. The van der Waals surface area contributed by atoms with Crippen LogP contribution in [0.15, 0.2) is 24.3 Å². The Morgan fingerprint density at radius 2 is 1.71 bits per heavy atom. The summed E-state index contributed by atoms with van der Waals surface area (Å²) in [5.41, 5.74) is 0.945. The zero-order chi connectivity index (χ0) is 17.8. The van der Waals surface area contributed by atoms with Crippen LogP contribution in [0.5, 0.6) is 5.75 Å². The molecular formula is C19H29NO4.